The van der Waals surface area contributed by atoms with E-state index >= 15 is 0 Å². The molecule has 0 spiro atoms. The molecule has 0 saturated carbocycles. The van der Waals surface area contributed by atoms with Gasteiger partial charge in [-0.25, -0.2) is 4.39 Å². The lowest BCUT2D eigenvalue weighted by Gasteiger charge is -2.11. The zero-order valence-corrected chi connectivity index (χ0v) is 12.5. The summed E-state index contributed by atoms with van der Waals surface area (Å²) < 4.78 is 13.5. The maximum absolute atomic E-state index is 13.5. The lowest BCUT2D eigenvalue weighted by atomic mass is 10.2. The smallest absolute Gasteiger partial charge is 0.305 e. The molecule has 0 aliphatic carbocycles. The van der Waals surface area contributed by atoms with Crippen molar-refractivity contribution in [1.82, 2.24) is 5.32 Å². The Hall–Kier alpha value is -2.44. The summed E-state index contributed by atoms with van der Waals surface area (Å²) in [6.07, 6.45) is -0.394. The van der Waals surface area contributed by atoms with Crippen molar-refractivity contribution in [3.05, 3.63) is 29.6 Å². The molecule has 7 heteroatoms. The monoisotopic (exact) mass is 310 g/mol. The van der Waals surface area contributed by atoms with Gasteiger partial charge in [0.1, 0.15) is 5.82 Å². The van der Waals surface area contributed by atoms with Crippen LogP contribution in [0.25, 0.3) is 0 Å². The minimum absolute atomic E-state index is 0.0738. The van der Waals surface area contributed by atoms with Crippen molar-refractivity contribution in [1.29, 1.82) is 0 Å². The van der Waals surface area contributed by atoms with Crippen LogP contribution in [0.1, 0.15) is 31.7 Å². The number of amides is 2. The maximum atomic E-state index is 13.5. The summed E-state index contributed by atoms with van der Waals surface area (Å²) in [5.74, 6) is -2.46. The standard InChI is InChI=1S/C15H19FN2O4/c1-9-3-4-11(16)12(7-9)18-14(20)6-5-13(19)17-10(2)8-15(21)22/h3-4,7,10H,5-6,8H2,1-2H3,(H,17,19)(H,18,20)(H,21,22)/t10-/m0/s1. The minimum Gasteiger partial charge on any atom is -0.481 e. The summed E-state index contributed by atoms with van der Waals surface area (Å²) in [5.41, 5.74) is 0.876. The van der Waals surface area contributed by atoms with E-state index in [0.29, 0.717) is 0 Å². The zero-order chi connectivity index (χ0) is 16.7. The molecule has 1 atom stereocenters. The minimum atomic E-state index is -1.01. The van der Waals surface area contributed by atoms with Gasteiger partial charge in [0.25, 0.3) is 0 Å². The van der Waals surface area contributed by atoms with E-state index in [0.717, 1.165) is 5.56 Å². The molecule has 0 unspecified atom stereocenters. The van der Waals surface area contributed by atoms with Gasteiger partial charge in [-0.1, -0.05) is 6.07 Å². The summed E-state index contributed by atoms with van der Waals surface area (Å²) >= 11 is 0. The Morgan fingerprint density at radius 1 is 1.23 bits per heavy atom. The van der Waals surface area contributed by atoms with E-state index < -0.39 is 29.6 Å². The molecule has 0 saturated heterocycles. The Morgan fingerprint density at radius 2 is 1.86 bits per heavy atom. The topological polar surface area (TPSA) is 95.5 Å². The summed E-state index contributed by atoms with van der Waals surface area (Å²) in [4.78, 5) is 33.7. The molecule has 0 bridgehead atoms. The van der Waals surface area contributed by atoms with Crippen molar-refractivity contribution >= 4 is 23.5 Å². The highest BCUT2D eigenvalue weighted by Gasteiger charge is 2.13. The first-order valence-electron chi connectivity index (χ1n) is 6.85. The number of benzene rings is 1. The highest BCUT2D eigenvalue weighted by Crippen LogP contribution is 2.15. The second kappa shape index (κ2) is 8.11. The Kier molecular flexibility index (Phi) is 6.49. The number of anilines is 1. The van der Waals surface area contributed by atoms with E-state index in [9.17, 15) is 18.8 Å². The van der Waals surface area contributed by atoms with Crippen LogP contribution in [0.3, 0.4) is 0 Å². The third kappa shape index (κ3) is 6.34. The van der Waals surface area contributed by atoms with Crippen molar-refractivity contribution in [2.75, 3.05) is 5.32 Å². The maximum Gasteiger partial charge on any atom is 0.305 e. The molecular weight excluding hydrogens is 291 g/mol. The molecule has 0 fully saturated rings. The number of carbonyl (C=O) groups excluding carboxylic acids is 2. The predicted octanol–water partition coefficient (Wildman–Crippen LogP) is 1.83. The van der Waals surface area contributed by atoms with Gasteiger partial charge in [0.15, 0.2) is 0 Å². The Morgan fingerprint density at radius 3 is 2.50 bits per heavy atom. The highest BCUT2D eigenvalue weighted by atomic mass is 19.1. The fourth-order valence-electron chi connectivity index (χ4n) is 1.83. The Bertz CT molecular complexity index is 575. The molecule has 6 nitrogen and oxygen atoms in total. The van der Waals surface area contributed by atoms with E-state index in [4.69, 9.17) is 5.11 Å². The molecule has 1 aromatic rings. The van der Waals surface area contributed by atoms with Gasteiger partial charge in [0, 0.05) is 18.9 Å². The average Bonchev–Trinajstić information content (AvgIpc) is 2.39. The molecule has 0 aliphatic heterocycles. The van der Waals surface area contributed by atoms with Crippen LogP contribution in [0, 0.1) is 12.7 Å². The van der Waals surface area contributed by atoms with Gasteiger partial charge in [0.05, 0.1) is 12.1 Å². The Labute approximate surface area is 127 Å². The van der Waals surface area contributed by atoms with Crippen LogP contribution in [0.15, 0.2) is 18.2 Å². The molecule has 0 aliphatic rings. The van der Waals surface area contributed by atoms with Gasteiger partial charge in [-0.05, 0) is 31.5 Å². The molecule has 1 aromatic carbocycles. The summed E-state index contributed by atoms with van der Waals surface area (Å²) in [7, 11) is 0. The van der Waals surface area contributed by atoms with Gasteiger partial charge in [-0.2, -0.15) is 0 Å². The number of nitrogens with one attached hydrogen (secondary N) is 2. The molecule has 0 radical (unpaired) electrons. The molecule has 120 valence electrons. The normalized spacial score (nSPS) is 11.6. The molecule has 2 amide bonds. The zero-order valence-electron chi connectivity index (χ0n) is 12.5. The number of hydrogen-bond donors (Lipinski definition) is 3. The van der Waals surface area contributed by atoms with Crippen molar-refractivity contribution in [2.45, 2.75) is 39.2 Å². The van der Waals surface area contributed by atoms with Crippen molar-refractivity contribution < 1.29 is 23.9 Å². The van der Waals surface area contributed by atoms with E-state index in [2.05, 4.69) is 10.6 Å². The largest absolute Gasteiger partial charge is 0.481 e. The van der Waals surface area contributed by atoms with Crippen LogP contribution < -0.4 is 10.6 Å². The van der Waals surface area contributed by atoms with Crippen LogP contribution >= 0.6 is 0 Å². The number of carboxylic acids is 1. The van der Waals surface area contributed by atoms with E-state index in [1.54, 1.807) is 19.9 Å². The molecule has 0 heterocycles. The van der Waals surface area contributed by atoms with Crippen LogP contribution in [0.4, 0.5) is 10.1 Å². The molecule has 0 aromatic heterocycles. The second-order valence-corrected chi connectivity index (χ2v) is 5.10. The molecular formula is C15H19FN2O4. The highest BCUT2D eigenvalue weighted by molar-refractivity contribution is 5.93. The molecule has 22 heavy (non-hydrogen) atoms. The van der Waals surface area contributed by atoms with Gasteiger partial charge in [-0.3, -0.25) is 14.4 Å². The number of rotatable bonds is 7. The third-order valence-electron chi connectivity index (χ3n) is 2.86. The molecule has 3 N–H and O–H groups in total. The quantitative estimate of drug-likeness (QED) is 0.716. The van der Waals surface area contributed by atoms with Crippen LogP contribution in [-0.2, 0) is 14.4 Å². The van der Waals surface area contributed by atoms with E-state index in [1.165, 1.54) is 12.1 Å². The fraction of sp³-hybridized carbons (Fsp3) is 0.400. The van der Waals surface area contributed by atoms with Gasteiger partial charge in [0.2, 0.25) is 11.8 Å². The number of halogens is 1. The lowest BCUT2D eigenvalue weighted by Crippen LogP contribution is -2.34. The van der Waals surface area contributed by atoms with Crippen LogP contribution in [0.5, 0.6) is 0 Å². The molecule has 1 rings (SSSR count). The number of aryl methyl sites for hydroxylation is 1. The summed E-state index contributed by atoms with van der Waals surface area (Å²) in [5, 5.41) is 13.5. The van der Waals surface area contributed by atoms with E-state index in [1.807, 2.05) is 0 Å². The van der Waals surface area contributed by atoms with Gasteiger partial charge >= 0.3 is 5.97 Å². The summed E-state index contributed by atoms with van der Waals surface area (Å²) in [6, 6.07) is 3.83. The average molecular weight is 310 g/mol. The first kappa shape index (κ1) is 17.6. The number of carboxylic acid groups (broad SMARTS) is 1. The van der Waals surface area contributed by atoms with Crippen LogP contribution in [0.2, 0.25) is 0 Å². The Balaban J connectivity index is 2.41. The SMILES string of the molecule is Cc1ccc(F)c(NC(=O)CCC(=O)N[C@@H](C)CC(=O)O)c1. The first-order chi connectivity index (χ1) is 10.3. The van der Waals surface area contributed by atoms with Crippen molar-refractivity contribution in [2.24, 2.45) is 0 Å². The second-order valence-electron chi connectivity index (χ2n) is 5.10. The van der Waals surface area contributed by atoms with Crippen molar-refractivity contribution in [3.8, 4) is 0 Å². The number of carbonyl (C=O) groups is 3. The third-order valence-corrected chi connectivity index (χ3v) is 2.86. The predicted molar refractivity (Wildman–Crippen MR) is 78.9 cm³/mol. The van der Waals surface area contributed by atoms with Gasteiger partial charge < -0.3 is 15.7 Å². The van der Waals surface area contributed by atoms with Gasteiger partial charge in [-0.15, -0.1) is 0 Å². The summed E-state index contributed by atoms with van der Waals surface area (Å²) in [6.45, 7) is 3.33. The van der Waals surface area contributed by atoms with E-state index in [-0.39, 0.29) is 24.9 Å². The number of hydrogen-bond acceptors (Lipinski definition) is 3. The number of aliphatic carboxylic acids is 1. The van der Waals surface area contributed by atoms with Crippen molar-refractivity contribution in [3.63, 3.8) is 0 Å². The van der Waals surface area contributed by atoms with Crippen LogP contribution in [-0.4, -0.2) is 28.9 Å². The first-order valence-corrected chi connectivity index (χ1v) is 6.85. The fourth-order valence-corrected chi connectivity index (χ4v) is 1.83. The lowest BCUT2D eigenvalue weighted by molar-refractivity contribution is -0.137.